The third-order valence-electron chi connectivity index (χ3n) is 4.76. The first-order chi connectivity index (χ1) is 11.2. The number of halogens is 1. The minimum absolute atomic E-state index is 0.0207. The Hall–Kier alpha value is -1.11. The zero-order valence-corrected chi connectivity index (χ0v) is 14.5. The quantitative estimate of drug-likeness (QED) is 0.839. The molecule has 2 aliphatic heterocycles. The molecule has 2 saturated heterocycles. The summed E-state index contributed by atoms with van der Waals surface area (Å²) in [5.41, 5.74) is 0.531. The maximum Gasteiger partial charge on any atom is 0.273 e. The van der Waals surface area contributed by atoms with E-state index in [0.717, 1.165) is 52.2 Å². The minimum Gasteiger partial charge on any atom is -0.379 e. The first kappa shape index (κ1) is 16.7. The van der Waals surface area contributed by atoms with Crippen LogP contribution in [-0.2, 0) is 11.3 Å². The zero-order valence-electron chi connectivity index (χ0n) is 13.7. The molecule has 0 N–H and O–H groups in total. The van der Waals surface area contributed by atoms with Crippen molar-refractivity contribution >= 4 is 17.5 Å². The Labute approximate surface area is 142 Å². The monoisotopic (exact) mass is 340 g/mol. The summed E-state index contributed by atoms with van der Waals surface area (Å²) in [7, 11) is 0. The summed E-state index contributed by atoms with van der Waals surface area (Å²) < 4.78 is 7.12. The van der Waals surface area contributed by atoms with Crippen molar-refractivity contribution < 1.29 is 9.53 Å². The molecule has 0 aromatic carbocycles. The number of aryl methyl sites for hydroxylation is 1. The highest BCUT2D eigenvalue weighted by Gasteiger charge is 2.32. The number of aromatic nitrogens is 2. The van der Waals surface area contributed by atoms with Gasteiger partial charge in [-0.05, 0) is 26.2 Å². The number of rotatable bonds is 4. The van der Waals surface area contributed by atoms with E-state index in [4.69, 9.17) is 16.3 Å². The van der Waals surface area contributed by atoms with E-state index in [1.54, 1.807) is 10.9 Å². The van der Waals surface area contributed by atoms with E-state index in [1.807, 2.05) is 11.8 Å². The molecule has 128 valence electrons. The summed E-state index contributed by atoms with van der Waals surface area (Å²) >= 11 is 6.22. The Morgan fingerprint density at radius 1 is 1.35 bits per heavy atom. The number of morpholine rings is 1. The molecule has 6 nitrogen and oxygen atoms in total. The fourth-order valence-electron chi connectivity index (χ4n) is 3.49. The predicted octanol–water partition coefficient (Wildman–Crippen LogP) is 1.88. The number of carbonyl (C=O) groups is 1. The van der Waals surface area contributed by atoms with Crippen LogP contribution < -0.4 is 0 Å². The van der Waals surface area contributed by atoms with Gasteiger partial charge in [0.2, 0.25) is 0 Å². The Kier molecular flexibility index (Phi) is 5.56. The van der Waals surface area contributed by atoms with Crippen LogP contribution in [0.4, 0.5) is 0 Å². The number of carbonyl (C=O) groups excluding carboxylic acids is 1. The van der Waals surface area contributed by atoms with Crippen LogP contribution >= 0.6 is 11.6 Å². The summed E-state index contributed by atoms with van der Waals surface area (Å²) in [6, 6.07) is 0.255. The minimum atomic E-state index is 0.0207. The van der Waals surface area contributed by atoms with Crippen molar-refractivity contribution in [3.8, 4) is 0 Å². The van der Waals surface area contributed by atoms with Crippen molar-refractivity contribution in [1.82, 2.24) is 19.6 Å². The smallest absolute Gasteiger partial charge is 0.273 e. The van der Waals surface area contributed by atoms with Crippen LogP contribution in [0.2, 0.25) is 5.02 Å². The summed E-state index contributed by atoms with van der Waals surface area (Å²) in [4.78, 5) is 17.5. The summed E-state index contributed by atoms with van der Waals surface area (Å²) in [5.74, 6) is 0.0207. The average molecular weight is 341 g/mol. The number of piperidine rings is 1. The molecule has 3 heterocycles. The SMILES string of the molecule is CCn1ncc(Cl)c1C(=O)N1CCCC[C@H]1CN1CCOCC1. The maximum absolute atomic E-state index is 13.1. The normalized spacial score (nSPS) is 23.2. The van der Waals surface area contributed by atoms with E-state index < -0.39 is 0 Å². The molecular weight excluding hydrogens is 316 g/mol. The van der Waals surface area contributed by atoms with Gasteiger partial charge < -0.3 is 9.64 Å². The van der Waals surface area contributed by atoms with Gasteiger partial charge >= 0.3 is 0 Å². The lowest BCUT2D eigenvalue weighted by Gasteiger charge is -2.39. The van der Waals surface area contributed by atoms with Gasteiger partial charge in [-0.25, -0.2) is 0 Å². The standard InChI is InChI=1S/C16H25ClN4O2/c1-2-21-15(14(17)11-18-21)16(22)20-6-4-3-5-13(20)12-19-7-9-23-10-8-19/h11,13H,2-10,12H2,1H3/t13-/m0/s1. The lowest BCUT2D eigenvalue weighted by molar-refractivity contribution is 0.0163. The van der Waals surface area contributed by atoms with Gasteiger partial charge in [-0.3, -0.25) is 14.4 Å². The molecule has 0 saturated carbocycles. The fraction of sp³-hybridized carbons (Fsp3) is 0.750. The Balaban J connectivity index is 1.74. The summed E-state index contributed by atoms with van der Waals surface area (Å²) in [5, 5.41) is 4.65. The van der Waals surface area contributed by atoms with Crippen molar-refractivity contribution in [2.24, 2.45) is 0 Å². The largest absolute Gasteiger partial charge is 0.379 e. The van der Waals surface area contributed by atoms with E-state index in [9.17, 15) is 4.79 Å². The van der Waals surface area contributed by atoms with Crippen LogP contribution in [0.1, 0.15) is 36.7 Å². The van der Waals surface area contributed by atoms with Gasteiger partial charge in [0.1, 0.15) is 5.69 Å². The molecule has 1 aromatic heterocycles. The van der Waals surface area contributed by atoms with Crippen LogP contribution in [0.25, 0.3) is 0 Å². The molecule has 23 heavy (non-hydrogen) atoms. The molecule has 1 amide bonds. The molecule has 3 rings (SSSR count). The molecule has 1 aromatic rings. The van der Waals surface area contributed by atoms with Crippen molar-refractivity contribution in [1.29, 1.82) is 0 Å². The zero-order chi connectivity index (χ0) is 16.2. The van der Waals surface area contributed by atoms with E-state index in [1.165, 1.54) is 6.42 Å². The highest BCUT2D eigenvalue weighted by atomic mass is 35.5. The molecular formula is C16H25ClN4O2. The Bertz CT molecular complexity index is 542. The lowest BCUT2D eigenvalue weighted by atomic mass is 10.0. The topological polar surface area (TPSA) is 50.6 Å². The second-order valence-electron chi connectivity index (χ2n) is 6.22. The van der Waals surface area contributed by atoms with Gasteiger partial charge in [0, 0.05) is 38.8 Å². The molecule has 2 aliphatic rings. The van der Waals surface area contributed by atoms with E-state index in [0.29, 0.717) is 17.3 Å². The number of likely N-dealkylation sites (tertiary alicyclic amines) is 1. The second kappa shape index (κ2) is 7.64. The van der Waals surface area contributed by atoms with Gasteiger partial charge in [0.15, 0.2) is 0 Å². The highest BCUT2D eigenvalue weighted by molar-refractivity contribution is 6.33. The number of hydrogen-bond acceptors (Lipinski definition) is 4. The summed E-state index contributed by atoms with van der Waals surface area (Å²) in [6.07, 6.45) is 4.86. The number of nitrogens with zero attached hydrogens (tertiary/aromatic N) is 4. The van der Waals surface area contributed by atoms with Gasteiger partial charge in [-0.1, -0.05) is 11.6 Å². The molecule has 0 spiro atoms. The Morgan fingerprint density at radius 2 is 2.13 bits per heavy atom. The van der Waals surface area contributed by atoms with E-state index in [2.05, 4.69) is 10.00 Å². The first-order valence-electron chi connectivity index (χ1n) is 8.53. The highest BCUT2D eigenvalue weighted by Crippen LogP contribution is 2.24. The van der Waals surface area contributed by atoms with E-state index >= 15 is 0 Å². The molecule has 1 atom stereocenters. The van der Waals surface area contributed by atoms with Crippen LogP contribution in [0, 0.1) is 0 Å². The summed E-state index contributed by atoms with van der Waals surface area (Å²) in [6.45, 7) is 7.83. The maximum atomic E-state index is 13.1. The average Bonchev–Trinajstić information content (AvgIpc) is 2.96. The number of hydrogen-bond donors (Lipinski definition) is 0. The molecule has 0 radical (unpaired) electrons. The van der Waals surface area contributed by atoms with E-state index in [-0.39, 0.29) is 11.9 Å². The van der Waals surface area contributed by atoms with Gasteiger partial charge in [-0.2, -0.15) is 5.10 Å². The van der Waals surface area contributed by atoms with Crippen LogP contribution in [0.15, 0.2) is 6.20 Å². The van der Waals surface area contributed by atoms with Gasteiger partial charge in [0.05, 0.1) is 24.4 Å². The van der Waals surface area contributed by atoms with Crippen LogP contribution in [-0.4, -0.2) is 70.9 Å². The van der Waals surface area contributed by atoms with Crippen LogP contribution in [0.3, 0.4) is 0 Å². The molecule has 0 bridgehead atoms. The second-order valence-corrected chi connectivity index (χ2v) is 6.63. The third-order valence-corrected chi connectivity index (χ3v) is 5.03. The first-order valence-corrected chi connectivity index (χ1v) is 8.91. The molecule has 0 unspecified atom stereocenters. The lowest BCUT2D eigenvalue weighted by Crippen LogP contribution is -2.51. The molecule has 2 fully saturated rings. The predicted molar refractivity (Wildman–Crippen MR) is 88.8 cm³/mol. The van der Waals surface area contributed by atoms with Gasteiger partial charge in [0.25, 0.3) is 5.91 Å². The van der Waals surface area contributed by atoms with Crippen molar-refractivity contribution in [2.45, 2.75) is 38.8 Å². The molecule has 0 aliphatic carbocycles. The fourth-order valence-corrected chi connectivity index (χ4v) is 3.71. The van der Waals surface area contributed by atoms with Crippen molar-refractivity contribution in [3.63, 3.8) is 0 Å². The van der Waals surface area contributed by atoms with Crippen molar-refractivity contribution in [2.75, 3.05) is 39.4 Å². The number of amides is 1. The van der Waals surface area contributed by atoms with Gasteiger partial charge in [-0.15, -0.1) is 0 Å². The Morgan fingerprint density at radius 3 is 2.87 bits per heavy atom. The van der Waals surface area contributed by atoms with Crippen LogP contribution in [0.5, 0.6) is 0 Å². The number of ether oxygens (including phenoxy) is 1. The third kappa shape index (κ3) is 3.70. The molecule has 7 heteroatoms. The van der Waals surface area contributed by atoms with Crippen molar-refractivity contribution in [3.05, 3.63) is 16.9 Å².